The largest absolute Gasteiger partial charge is 0.0757 e. The van der Waals surface area contributed by atoms with Crippen molar-refractivity contribution in [3.63, 3.8) is 0 Å². The van der Waals surface area contributed by atoms with Crippen LogP contribution in [0.25, 0.3) is 5.57 Å². The Morgan fingerprint density at radius 1 is 1.06 bits per heavy atom. The summed E-state index contributed by atoms with van der Waals surface area (Å²) in [7, 11) is 0. The van der Waals surface area contributed by atoms with Crippen molar-refractivity contribution in [3.8, 4) is 0 Å². The van der Waals surface area contributed by atoms with E-state index in [0.29, 0.717) is 0 Å². The highest BCUT2D eigenvalue weighted by Gasteiger charge is 2.20. The van der Waals surface area contributed by atoms with Crippen LogP contribution in [0.3, 0.4) is 0 Å². The fourth-order valence-electron chi connectivity index (χ4n) is 2.71. The van der Waals surface area contributed by atoms with Gasteiger partial charge in [0.05, 0.1) is 0 Å². The molecule has 2 aliphatic carbocycles. The Balaban J connectivity index is 2.05. The summed E-state index contributed by atoms with van der Waals surface area (Å²) in [6.45, 7) is 2.24. The molecule has 1 aromatic rings. The molecule has 0 spiro atoms. The monoisotopic (exact) mass is 208 g/mol. The first-order chi connectivity index (χ1) is 7.84. The molecule has 2 aliphatic rings. The molecule has 0 unspecified atom stereocenters. The lowest BCUT2D eigenvalue weighted by Crippen LogP contribution is -1.96. The Morgan fingerprint density at radius 2 is 1.88 bits per heavy atom. The zero-order valence-electron chi connectivity index (χ0n) is 9.66. The van der Waals surface area contributed by atoms with E-state index in [-0.39, 0.29) is 0 Å². The molecule has 80 valence electrons. The summed E-state index contributed by atoms with van der Waals surface area (Å²) in [5, 5.41) is 0. The fraction of sp³-hybridized carbons (Fsp3) is 0.250. The first-order valence-electron chi connectivity index (χ1n) is 6.00. The van der Waals surface area contributed by atoms with Crippen molar-refractivity contribution in [2.45, 2.75) is 26.2 Å². The van der Waals surface area contributed by atoms with Crippen LogP contribution in [-0.4, -0.2) is 0 Å². The highest BCUT2D eigenvalue weighted by molar-refractivity contribution is 5.85. The second kappa shape index (κ2) is 3.79. The van der Waals surface area contributed by atoms with Gasteiger partial charge >= 0.3 is 0 Å². The molecule has 0 heterocycles. The molecule has 3 rings (SSSR count). The lowest BCUT2D eigenvalue weighted by molar-refractivity contribution is 0.917. The second-order valence-corrected chi connectivity index (χ2v) is 4.71. The number of benzene rings is 1. The quantitative estimate of drug-likeness (QED) is 0.637. The van der Waals surface area contributed by atoms with E-state index in [4.69, 9.17) is 0 Å². The Bertz CT molecular complexity index is 498. The van der Waals surface area contributed by atoms with Gasteiger partial charge in [-0.05, 0) is 42.9 Å². The van der Waals surface area contributed by atoms with Gasteiger partial charge in [-0.1, -0.05) is 53.6 Å². The molecule has 1 aromatic carbocycles. The van der Waals surface area contributed by atoms with Gasteiger partial charge in [-0.2, -0.15) is 0 Å². The Kier molecular flexibility index (Phi) is 2.28. The zero-order valence-corrected chi connectivity index (χ0v) is 9.66. The summed E-state index contributed by atoms with van der Waals surface area (Å²) in [6, 6.07) is 10.7. The smallest absolute Gasteiger partial charge is 0.00985 e. The lowest BCUT2D eigenvalue weighted by atomic mass is 9.88. The van der Waals surface area contributed by atoms with E-state index in [1.807, 2.05) is 0 Å². The minimum absolute atomic E-state index is 1.19. The number of hydrogen-bond donors (Lipinski definition) is 0. The number of hydrogen-bond acceptors (Lipinski definition) is 0. The van der Waals surface area contributed by atoms with Crippen LogP contribution < -0.4 is 0 Å². The topological polar surface area (TPSA) is 0 Å². The van der Waals surface area contributed by atoms with Crippen molar-refractivity contribution in [3.05, 3.63) is 64.8 Å². The van der Waals surface area contributed by atoms with Gasteiger partial charge < -0.3 is 0 Å². The van der Waals surface area contributed by atoms with E-state index in [1.165, 1.54) is 41.5 Å². The third-order valence-electron chi connectivity index (χ3n) is 3.43. The van der Waals surface area contributed by atoms with E-state index < -0.39 is 0 Å². The van der Waals surface area contributed by atoms with Crippen LogP contribution in [0, 0.1) is 0 Å². The molecule has 0 amide bonds. The van der Waals surface area contributed by atoms with Crippen LogP contribution in [-0.2, 0) is 0 Å². The second-order valence-electron chi connectivity index (χ2n) is 4.71. The molecule has 0 fully saturated rings. The summed E-state index contributed by atoms with van der Waals surface area (Å²) in [4.78, 5) is 0. The van der Waals surface area contributed by atoms with Gasteiger partial charge in [0.2, 0.25) is 0 Å². The van der Waals surface area contributed by atoms with Crippen molar-refractivity contribution in [2.75, 3.05) is 0 Å². The third-order valence-corrected chi connectivity index (χ3v) is 3.43. The molecule has 0 aliphatic heterocycles. The van der Waals surface area contributed by atoms with Crippen LogP contribution >= 0.6 is 0 Å². The van der Waals surface area contributed by atoms with Crippen molar-refractivity contribution in [1.82, 2.24) is 0 Å². The predicted octanol–water partition coefficient (Wildman–Crippen LogP) is 4.51. The minimum Gasteiger partial charge on any atom is -0.0757 e. The average molecular weight is 208 g/mol. The number of rotatable bonds is 1. The molecule has 0 aromatic heterocycles. The van der Waals surface area contributed by atoms with E-state index in [9.17, 15) is 0 Å². The molecule has 0 bridgehead atoms. The van der Waals surface area contributed by atoms with Crippen LogP contribution in [0.15, 0.2) is 59.2 Å². The molecule has 0 heteroatoms. The minimum atomic E-state index is 1.19. The van der Waals surface area contributed by atoms with Gasteiger partial charge in [0.1, 0.15) is 0 Å². The van der Waals surface area contributed by atoms with Gasteiger partial charge in [0.15, 0.2) is 0 Å². The Morgan fingerprint density at radius 3 is 2.69 bits per heavy atom. The van der Waals surface area contributed by atoms with Gasteiger partial charge in [-0.3, -0.25) is 0 Å². The fourth-order valence-corrected chi connectivity index (χ4v) is 2.71. The maximum atomic E-state index is 2.39. The maximum Gasteiger partial charge on any atom is -0.00985 e. The highest BCUT2D eigenvalue weighted by atomic mass is 14.2. The van der Waals surface area contributed by atoms with Gasteiger partial charge in [0, 0.05) is 0 Å². The molecule has 0 atom stereocenters. The van der Waals surface area contributed by atoms with Crippen molar-refractivity contribution >= 4 is 5.57 Å². The first kappa shape index (κ1) is 9.65. The van der Waals surface area contributed by atoms with E-state index in [0.717, 1.165) is 0 Å². The summed E-state index contributed by atoms with van der Waals surface area (Å²) >= 11 is 0. The summed E-state index contributed by atoms with van der Waals surface area (Å²) < 4.78 is 0. The molecule has 0 nitrogen and oxygen atoms in total. The average Bonchev–Trinajstić information content (AvgIpc) is 2.70. The molecular formula is C16H16. The van der Waals surface area contributed by atoms with Crippen LogP contribution in [0.5, 0.6) is 0 Å². The SMILES string of the molecule is CC1=CC2=C(CCC=C2c2ccccc2)C1. The zero-order chi connectivity index (χ0) is 11.0. The third kappa shape index (κ3) is 1.55. The molecule has 0 saturated heterocycles. The number of allylic oxidation sites excluding steroid dienone is 6. The normalized spacial score (nSPS) is 19.3. The molecular weight excluding hydrogens is 192 g/mol. The Hall–Kier alpha value is -1.56. The standard InChI is InChI=1S/C16H16/c1-12-10-14-8-5-9-15(16(14)11-12)13-6-3-2-4-7-13/h2-4,6-7,9,11H,5,8,10H2,1H3. The molecule has 0 N–H and O–H groups in total. The van der Waals surface area contributed by atoms with E-state index in [2.05, 4.69) is 49.4 Å². The van der Waals surface area contributed by atoms with Crippen molar-refractivity contribution < 1.29 is 0 Å². The van der Waals surface area contributed by atoms with E-state index >= 15 is 0 Å². The molecule has 16 heavy (non-hydrogen) atoms. The van der Waals surface area contributed by atoms with Gasteiger partial charge in [0.25, 0.3) is 0 Å². The van der Waals surface area contributed by atoms with Crippen LogP contribution in [0.2, 0.25) is 0 Å². The lowest BCUT2D eigenvalue weighted by Gasteiger charge is -2.16. The first-order valence-corrected chi connectivity index (χ1v) is 6.00. The maximum absolute atomic E-state index is 2.39. The van der Waals surface area contributed by atoms with Crippen molar-refractivity contribution in [1.29, 1.82) is 0 Å². The Labute approximate surface area is 97.0 Å². The highest BCUT2D eigenvalue weighted by Crippen LogP contribution is 2.40. The summed E-state index contributed by atoms with van der Waals surface area (Å²) in [6.07, 6.45) is 8.40. The molecule has 0 radical (unpaired) electrons. The van der Waals surface area contributed by atoms with Gasteiger partial charge in [-0.15, -0.1) is 0 Å². The summed E-state index contributed by atoms with van der Waals surface area (Å²) in [5.41, 5.74) is 7.45. The van der Waals surface area contributed by atoms with Crippen molar-refractivity contribution in [2.24, 2.45) is 0 Å². The van der Waals surface area contributed by atoms with E-state index in [1.54, 1.807) is 5.57 Å². The predicted molar refractivity (Wildman–Crippen MR) is 69.1 cm³/mol. The van der Waals surface area contributed by atoms with Crippen LogP contribution in [0.4, 0.5) is 0 Å². The molecule has 0 saturated carbocycles. The summed E-state index contributed by atoms with van der Waals surface area (Å²) in [5.74, 6) is 0. The van der Waals surface area contributed by atoms with Gasteiger partial charge in [-0.25, -0.2) is 0 Å². The van der Waals surface area contributed by atoms with Crippen LogP contribution in [0.1, 0.15) is 31.7 Å².